The van der Waals surface area contributed by atoms with Crippen LogP contribution in [-0.2, 0) is 0 Å². The summed E-state index contributed by atoms with van der Waals surface area (Å²) in [6.45, 7) is 0. The van der Waals surface area contributed by atoms with E-state index in [4.69, 9.17) is 19.4 Å². The molecule has 11 aromatic rings. The van der Waals surface area contributed by atoms with Gasteiger partial charge >= 0.3 is 0 Å². The van der Waals surface area contributed by atoms with E-state index in [0.29, 0.717) is 17.5 Å². The molecule has 0 bridgehead atoms. The maximum absolute atomic E-state index is 6.47. The molecule has 0 aliphatic rings. The first-order valence-corrected chi connectivity index (χ1v) is 18.8. The largest absolute Gasteiger partial charge is 0.456 e. The number of rotatable bonds is 6. The maximum Gasteiger partial charge on any atom is 0.164 e. The number of furan rings is 1. The highest BCUT2D eigenvalue weighted by atomic mass is 16.3. The van der Waals surface area contributed by atoms with Crippen LogP contribution in [0.1, 0.15) is 0 Å². The Kier molecular flexibility index (Phi) is 7.42. The van der Waals surface area contributed by atoms with E-state index in [1.54, 1.807) is 0 Å². The summed E-state index contributed by atoms with van der Waals surface area (Å²) in [7, 11) is 0. The number of hydrogen-bond donors (Lipinski definition) is 0. The quantitative estimate of drug-likeness (QED) is 0.172. The number of benzene rings is 8. The standard InChI is InChI=1S/C51H32N4O/c1-5-15-33(16-6-1)38-30-41(34-17-7-2-8-18-34)48-40-23-13-14-24-44(40)55(45(48)31-38)39-26-28-47-43(32-39)42-29-37(25-27-46(42)56-47)51-53-49(35-19-9-3-10-20-35)52-50(54-51)36-21-11-4-12-22-36/h1-32H. The number of nitrogens with zero attached hydrogens (tertiary/aromatic N) is 4. The van der Waals surface area contributed by atoms with Gasteiger partial charge in [-0.25, -0.2) is 15.0 Å². The molecule has 0 aliphatic carbocycles. The highest BCUT2D eigenvalue weighted by molar-refractivity contribution is 6.17. The van der Waals surface area contributed by atoms with Crippen molar-refractivity contribution in [2.24, 2.45) is 0 Å². The molecule has 11 rings (SSSR count). The van der Waals surface area contributed by atoms with Crippen molar-refractivity contribution in [3.63, 3.8) is 0 Å². The maximum atomic E-state index is 6.47. The van der Waals surface area contributed by atoms with Crippen LogP contribution in [0.4, 0.5) is 0 Å². The molecule has 0 saturated heterocycles. The molecule has 56 heavy (non-hydrogen) atoms. The minimum Gasteiger partial charge on any atom is -0.456 e. The van der Waals surface area contributed by atoms with Gasteiger partial charge in [-0.15, -0.1) is 0 Å². The lowest BCUT2D eigenvalue weighted by atomic mass is 9.94. The Morgan fingerprint density at radius 1 is 0.339 bits per heavy atom. The molecule has 0 radical (unpaired) electrons. The molecule has 0 saturated carbocycles. The molecular formula is C51H32N4O. The van der Waals surface area contributed by atoms with Crippen molar-refractivity contribution in [3.05, 3.63) is 194 Å². The Hall–Kier alpha value is -7.63. The molecule has 0 aliphatic heterocycles. The van der Waals surface area contributed by atoms with Crippen LogP contribution in [0.3, 0.4) is 0 Å². The first-order valence-electron chi connectivity index (χ1n) is 18.8. The molecule has 0 atom stereocenters. The van der Waals surface area contributed by atoms with Crippen LogP contribution in [-0.4, -0.2) is 19.5 Å². The van der Waals surface area contributed by atoms with Crippen molar-refractivity contribution in [2.45, 2.75) is 0 Å². The molecule has 0 unspecified atom stereocenters. The van der Waals surface area contributed by atoms with Crippen molar-refractivity contribution < 1.29 is 4.42 Å². The van der Waals surface area contributed by atoms with Gasteiger partial charge in [-0.05, 0) is 76.9 Å². The number of aromatic nitrogens is 4. The summed E-state index contributed by atoms with van der Waals surface area (Å²) >= 11 is 0. The van der Waals surface area contributed by atoms with Gasteiger partial charge in [0.05, 0.1) is 11.0 Å². The number of para-hydroxylation sites is 1. The third kappa shape index (κ3) is 5.37. The highest BCUT2D eigenvalue weighted by Crippen LogP contribution is 2.42. The Morgan fingerprint density at radius 3 is 1.50 bits per heavy atom. The molecule has 3 heterocycles. The second kappa shape index (κ2) is 13.0. The van der Waals surface area contributed by atoms with Crippen LogP contribution in [0.25, 0.3) is 106 Å². The third-order valence-corrected chi connectivity index (χ3v) is 10.6. The molecule has 0 fully saturated rings. The van der Waals surface area contributed by atoms with E-state index >= 15 is 0 Å². The van der Waals surface area contributed by atoms with Crippen molar-refractivity contribution in [1.29, 1.82) is 0 Å². The molecule has 0 amide bonds. The average Bonchev–Trinajstić information content (AvgIpc) is 3.82. The van der Waals surface area contributed by atoms with E-state index in [-0.39, 0.29) is 0 Å². The van der Waals surface area contributed by atoms with Crippen LogP contribution < -0.4 is 0 Å². The second-order valence-electron chi connectivity index (χ2n) is 14.0. The second-order valence-corrected chi connectivity index (χ2v) is 14.0. The predicted molar refractivity (Wildman–Crippen MR) is 229 cm³/mol. The predicted octanol–water partition coefficient (Wildman–Crippen LogP) is 13.2. The fourth-order valence-corrected chi connectivity index (χ4v) is 8.00. The zero-order valence-corrected chi connectivity index (χ0v) is 30.2. The summed E-state index contributed by atoms with van der Waals surface area (Å²) in [6.07, 6.45) is 0. The Morgan fingerprint density at radius 2 is 0.857 bits per heavy atom. The van der Waals surface area contributed by atoms with Crippen LogP contribution in [0.2, 0.25) is 0 Å². The van der Waals surface area contributed by atoms with Gasteiger partial charge in [0.15, 0.2) is 17.5 Å². The van der Waals surface area contributed by atoms with E-state index in [2.05, 4.69) is 126 Å². The van der Waals surface area contributed by atoms with Crippen LogP contribution in [0.15, 0.2) is 199 Å². The van der Waals surface area contributed by atoms with Gasteiger partial charge in [0, 0.05) is 43.9 Å². The summed E-state index contributed by atoms with van der Waals surface area (Å²) in [5, 5.41) is 4.45. The van der Waals surface area contributed by atoms with Gasteiger partial charge in [-0.1, -0.05) is 140 Å². The molecule has 5 heteroatoms. The first-order chi connectivity index (χ1) is 27.7. The van der Waals surface area contributed by atoms with Crippen molar-refractivity contribution >= 4 is 43.7 Å². The molecule has 0 spiro atoms. The van der Waals surface area contributed by atoms with Gasteiger partial charge < -0.3 is 8.98 Å². The first kappa shape index (κ1) is 31.9. The molecule has 3 aromatic heterocycles. The number of hydrogen-bond acceptors (Lipinski definition) is 4. The summed E-state index contributed by atoms with van der Waals surface area (Å²) in [4.78, 5) is 14.9. The van der Waals surface area contributed by atoms with E-state index in [9.17, 15) is 0 Å². The lowest BCUT2D eigenvalue weighted by Crippen LogP contribution is -2.00. The van der Waals surface area contributed by atoms with Crippen molar-refractivity contribution in [2.75, 3.05) is 0 Å². The van der Waals surface area contributed by atoms with Gasteiger partial charge in [-0.2, -0.15) is 0 Å². The van der Waals surface area contributed by atoms with E-state index in [0.717, 1.165) is 55.3 Å². The summed E-state index contributed by atoms with van der Waals surface area (Å²) in [6, 6.07) is 67.6. The van der Waals surface area contributed by atoms with E-state index < -0.39 is 0 Å². The van der Waals surface area contributed by atoms with Gasteiger partial charge in [0.25, 0.3) is 0 Å². The fraction of sp³-hybridized carbons (Fsp3) is 0. The number of fused-ring (bicyclic) bond motifs is 6. The van der Waals surface area contributed by atoms with Crippen LogP contribution >= 0.6 is 0 Å². The molecule has 0 N–H and O–H groups in total. The summed E-state index contributed by atoms with van der Waals surface area (Å²) < 4.78 is 8.87. The average molecular weight is 717 g/mol. The monoisotopic (exact) mass is 716 g/mol. The lowest BCUT2D eigenvalue weighted by molar-refractivity contribution is 0.669. The van der Waals surface area contributed by atoms with E-state index in [1.165, 1.54) is 33.0 Å². The van der Waals surface area contributed by atoms with Gasteiger partial charge in [-0.3, -0.25) is 0 Å². The highest BCUT2D eigenvalue weighted by Gasteiger charge is 2.20. The molecule has 262 valence electrons. The van der Waals surface area contributed by atoms with E-state index in [1.807, 2.05) is 72.8 Å². The molecule has 5 nitrogen and oxygen atoms in total. The Balaban J connectivity index is 1.13. The Labute approximate surface area is 322 Å². The van der Waals surface area contributed by atoms with Crippen molar-refractivity contribution in [1.82, 2.24) is 19.5 Å². The fourth-order valence-electron chi connectivity index (χ4n) is 8.00. The SMILES string of the molecule is c1ccc(-c2cc(-c3ccccc3)c3c4ccccc4n(-c4ccc5oc6ccc(-c7nc(-c8ccccc8)nc(-c8ccccc8)n7)cc6c5c4)c3c2)cc1. The zero-order chi connectivity index (χ0) is 37.0. The third-order valence-electron chi connectivity index (χ3n) is 10.6. The normalized spacial score (nSPS) is 11.6. The van der Waals surface area contributed by atoms with Gasteiger partial charge in [0.2, 0.25) is 0 Å². The topological polar surface area (TPSA) is 56.7 Å². The smallest absolute Gasteiger partial charge is 0.164 e. The summed E-state index contributed by atoms with van der Waals surface area (Å²) in [5.74, 6) is 1.87. The van der Waals surface area contributed by atoms with Crippen LogP contribution in [0, 0.1) is 0 Å². The lowest BCUT2D eigenvalue weighted by Gasteiger charge is -2.12. The Bertz CT molecular complexity index is 3170. The summed E-state index contributed by atoms with van der Waals surface area (Å²) in [5.41, 5.74) is 12.5. The minimum absolute atomic E-state index is 0.606. The molecular weight excluding hydrogens is 685 g/mol. The van der Waals surface area contributed by atoms with Crippen molar-refractivity contribution in [3.8, 4) is 62.1 Å². The minimum atomic E-state index is 0.606. The van der Waals surface area contributed by atoms with Gasteiger partial charge in [0.1, 0.15) is 11.2 Å². The molecule has 8 aromatic carbocycles. The zero-order valence-electron chi connectivity index (χ0n) is 30.2. The van der Waals surface area contributed by atoms with Crippen LogP contribution in [0.5, 0.6) is 0 Å².